The first kappa shape index (κ1) is 24.7. The van der Waals surface area contributed by atoms with Crippen LogP contribution in [0.15, 0.2) is 5.11 Å². The Labute approximate surface area is 170 Å². The molecule has 1 aliphatic rings. The SMILES string of the molecule is CC(=O)N[C@@H]1[C@@H](OC(C)=O)[C@@H](OC(C)=O)[C@@H](COC(C)=O)OC1(N=[N+]=[N-])OC(C)=O. The summed E-state index contributed by atoms with van der Waals surface area (Å²) >= 11 is 0. The second-order valence-corrected chi connectivity index (χ2v) is 6.20. The van der Waals surface area contributed by atoms with E-state index >= 15 is 0 Å². The van der Waals surface area contributed by atoms with Gasteiger partial charge in [0.05, 0.1) is 0 Å². The van der Waals surface area contributed by atoms with Gasteiger partial charge < -0.3 is 29.0 Å². The maximum Gasteiger partial charge on any atom is 0.318 e. The Morgan fingerprint density at radius 3 is 1.97 bits per heavy atom. The summed E-state index contributed by atoms with van der Waals surface area (Å²) in [6.45, 7) is 4.70. The monoisotopic (exact) mass is 430 g/mol. The number of nitrogens with one attached hydrogen (secondary N) is 1. The smallest absolute Gasteiger partial charge is 0.318 e. The first-order valence-electron chi connectivity index (χ1n) is 8.60. The van der Waals surface area contributed by atoms with Gasteiger partial charge in [-0.15, -0.1) is 0 Å². The number of carbonyl (C=O) groups excluding carboxylic acids is 5. The number of rotatable bonds is 7. The van der Waals surface area contributed by atoms with Crippen molar-refractivity contribution >= 4 is 29.8 Å². The van der Waals surface area contributed by atoms with Gasteiger partial charge in [-0.3, -0.25) is 24.0 Å². The lowest BCUT2D eigenvalue weighted by Crippen LogP contribution is -2.71. The number of hydrogen-bond acceptors (Lipinski definition) is 11. The van der Waals surface area contributed by atoms with Gasteiger partial charge in [0.25, 0.3) is 0 Å². The van der Waals surface area contributed by atoms with Crippen LogP contribution in [0, 0.1) is 0 Å². The zero-order valence-corrected chi connectivity index (χ0v) is 16.9. The van der Waals surface area contributed by atoms with Gasteiger partial charge >= 0.3 is 29.8 Å². The zero-order valence-electron chi connectivity index (χ0n) is 16.9. The van der Waals surface area contributed by atoms with Crippen LogP contribution in [-0.2, 0) is 47.7 Å². The van der Waals surface area contributed by atoms with E-state index in [9.17, 15) is 24.0 Å². The van der Waals surface area contributed by atoms with Crippen LogP contribution in [0.3, 0.4) is 0 Å². The third kappa shape index (κ3) is 6.60. The lowest BCUT2D eigenvalue weighted by Gasteiger charge is -2.48. The molecule has 0 aromatic carbocycles. The fraction of sp³-hybridized carbons (Fsp3) is 0.688. The highest BCUT2D eigenvalue weighted by Crippen LogP contribution is 2.36. The van der Waals surface area contributed by atoms with E-state index in [2.05, 4.69) is 15.3 Å². The predicted octanol–water partition coefficient (Wildman–Crippen LogP) is -0.156. The van der Waals surface area contributed by atoms with Crippen LogP contribution < -0.4 is 5.32 Å². The minimum absolute atomic E-state index is 0.554. The molecule has 30 heavy (non-hydrogen) atoms. The molecule has 0 spiro atoms. The first-order valence-corrected chi connectivity index (χ1v) is 8.60. The number of carbonyl (C=O) groups is 5. The third-order valence-electron chi connectivity index (χ3n) is 3.62. The Morgan fingerprint density at radius 2 is 1.53 bits per heavy atom. The van der Waals surface area contributed by atoms with E-state index in [1.807, 2.05) is 0 Å². The van der Waals surface area contributed by atoms with Crippen molar-refractivity contribution < 1.29 is 47.7 Å². The molecule has 0 radical (unpaired) electrons. The normalized spacial score (nSPS) is 27.6. The lowest BCUT2D eigenvalue weighted by atomic mass is 9.93. The minimum atomic E-state index is -2.55. The lowest BCUT2D eigenvalue weighted by molar-refractivity contribution is -0.322. The number of nitrogens with zero attached hydrogens (tertiary/aromatic N) is 3. The molecule has 0 aliphatic carbocycles. The molecule has 14 heteroatoms. The average Bonchev–Trinajstić information content (AvgIpc) is 2.57. The Hall–Kier alpha value is -3.38. The summed E-state index contributed by atoms with van der Waals surface area (Å²) in [5, 5.41) is 5.69. The van der Waals surface area contributed by atoms with E-state index in [1.54, 1.807) is 0 Å². The third-order valence-corrected chi connectivity index (χ3v) is 3.62. The molecule has 1 unspecified atom stereocenters. The van der Waals surface area contributed by atoms with Crippen molar-refractivity contribution in [1.29, 1.82) is 0 Å². The fourth-order valence-corrected chi connectivity index (χ4v) is 2.81. The predicted molar refractivity (Wildman–Crippen MR) is 93.9 cm³/mol. The first-order chi connectivity index (χ1) is 13.9. The van der Waals surface area contributed by atoms with Crippen molar-refractivity contribution in [3.8, 4) is 0 Å². The minimum Gasteiger partial charge on any atom is -0.463 e. The molecular formula is C16H22N4O10. The summed E-state index contributed by atoms with van der Waals surface area (Å²) in [5.74, 6) is -6.64. The number of ether oxygens (including phenoxy) is 5. The van der Waals surface area contributed by atoms with E-state index in [1.165, 1.54) is 0 Å². The summed E-state index contributed by atoms with van der Waals surface area (Å²) in [4.78, 5) is 60.7. The van der Waals surface area contributed by atoms with Crippen molar-refractivity contribution in [2.45, 2.75) is 64.9 Å². The Balaban J connectivity index is 3.65. The van der Waals surface area contributed by atoms with E-state index in [-0.39, 0.29) is 0 Å². The van der Waals surface area contributed by atoms with Gasteiger partial charge in [-0.2, -0.15) is 0 Å². The van der Waals surface area contributed by atoms with Crippen LogP contribution in [0.4, 0.5) is 0 Å². The molecule has 1 N–H and O–H groups in total. The van der Waals surface area contributed by atoms with E-state index < -0.39 is 66.7 Å². The van der Waals surface area contributed by atoms with E-state index in [4.69, 9.17) is 29.2 Å². The molecule has 1 amide bonds. The molecule has 1 fully saturated rings. The molecule has 0 aromatic rings. The summed E-state index contributed by atoms with van der Waals surface area (Å²) in [6, 6.07) is -1.61. The summed E-state index contributed by atoms with van der Waals surface area (Å²) in [6.07, 6.45) is -4.38. The standard InChI is InChI=1S/C16H22N4O10/c1-7(21)18-15-14(28-10(4)24)13(27-9(3)23)12(6-26-8(2)22)30-16(15,19-20-17)29-11(5)25/h12-15H,6H2,1-5H3,(H,18,21)/t12-,13+,14+,15-,16?/m1/s1. The molecular weight excluding hydrogens is 408 g/mol. The van der Waals surface area contributed by atoms with E-state index in [0.29, 0.717) is 0 Å². The van der Waals surface area contributed by atoms with E-state index in [0.717, 1.165) is 34.6 Å². The topological polar surface area (TPSA) is 192 Å². The van der Waals surface area contributed by atoms with Gasteiger partial charge in [-0.25, -0.2) is 0 Å². The molecule has 1 saturated heterocycles. The van der Waals surface area contributed by atoms with Gasteiger partial charge in [-0.1, -0.05) is 0 Å². The molecule has 166 valence electrons. The second kappa shape index (κ2) is 10.4. The average molecular weight is 430 g/mol. The van der Waals surface area contributed by atoms with Crippen molar-refractivity contribution in [2.75, 3.05) is 6.61 Å². The molecule has 0 aromatic heterocycles. The maximum atomic E-state index is 11.8. The van der Waals surface area contributed by atoms with Crippen molar-refractivity contribution in [3.05, 3.63) is 10.4 Å². The number of amides is 1. The van der Waals surface area contributed by atoms with Gasteiger partial charge in [0.2, 0.25) is 5.91 Å². The van der Waals surface area contributed by atoms with Crippen LogP contribution >= 0.6 is 0 Å². The molecule has 14 nitrogen and oxygen atoms in total. The maximum absolute atomic E-state index is 11.8. The van der Waals surface area contributed by atoms with Gasteiger partial charge in [-0.05, 0) is 10.6 Å². The largest absolute Gasteiger partial charge is 0.463 e. The Kier molecular flexibility index (Phi) is 8.56. The molecule has 1 heterocycles. The second-order valence-electron chi connectivity index (χ2n) is 6.20. The summed E-state index contributed by atoms with van der Waals surface area (Å²) in [5.41, 5.74) is 9.03. The zero-order chi connectivity index (χ0) is 23.1. The number of hydrogen-bond donors (Lipinski definition) is 1. The molecule has 1 rings (SSSR count). The van der Waals surface area contributed by atoms with Gasteiger partial charge in [0.15, 0.2) is 12.2 Å². The van der Waals surface area contributed by atoms with Crippen LogP contribution in [0.1, 0.15) is 34.6 Å². The van der Waals surface area contributed by atoms with Crippen LogP contribution in [0.2, 0.25) is 0 Å². The molecule has 0 saturated carbocycles. The quantitative estimate of drug-likeness (QED) is 0.186. The molecule has 0 bridgehead atoms. The summed E-state index contributed by atoms with van der Waals surface area (Å²) < 4.78 is 25.9. The summed E-state index contributed by atoms with van der Waals surface area (Å²) in [7, 11) is 0. The highest BCUT2D eigenvalue weighted by Gasteiger charge is 2.60. The number of azide groups is 1. The van der Waals surface area contributed by atoms with Crippen molar-refractivity contribution in [2.24, 2.45) is 5.11 Å². The van der Waals surface area contributed by atoms with Crippen LogP contribution in [0.25, 0.3) is 10.4 Å². The van der Waals surface area contributed by atoms with Gasteiger partial charge in [0, 0.05) is 39.5 Å². The number of esters is 4. The molecule has 1 aliphatic heterocycles. The van der Waals surface area contributed by atoms with Gasteiger partial charge in [0.1, 0.15) is 18.8 Å². The Morgan fingerprint density at radius 1 is 0.967 bits per heavy atom. The van der Waals surface area contributed by atoms with Crippen molar-refractivity contribution in [3.63, 3.8) is 0 Å². The Bertz CT molecular complexity index is 765. The van der Waals surface area contributed by atoms with Crippen LogP contribution in [-0.4, -0.2) is 66.7 Å². The molecule has 5 atom stereocenters. The van der Waals surface area contributed by atoms with Crippen LogP contribution in [0.5, 0.6) is 0 Å². The van der Waals surface area contributed by atoms with Crippen molar-refractivity contribution in [1.82, 2.24) is 5.32 Å². The highest BCUT2D eigenvalue weighted by atomic mass is 16.8. The highest BCUT2D eigenvalue weighted by molar-refractivity contribution is 5.74. The fourth-order valence-electron chi connectivity index (χ4n) is 2.81.